The summed E-state index contributed by atoms with van der Waals surface area (Å²) >= 11 is 0. The lowest BCUT2D eigenvalue weighted by Crippen LogP contribution is -2.41. The highest BCUT2D eigenvalue weighted by Gasteiger charge is 2.37. The van der Waals surface area contributed by atoms with Gasteiger partial charge in [-0.1, -0.05) is 44.5 Å². The summed E-state index contributed by atoms with van der Waals surface area (Å²) in [6, 6.07) is 18.4. The number of anilines is 1. The second-order valence-corrected chi connectivity index (χ2v) is 11.0. The van der Waals surface area contributed by atoms with Crippen LogP contribution in [0.4, 0.5) is 5.69 Å². The van der Waals surface area contributed by atoms with Crippen LogP contribution >= 0.6 is 0 Å². The van der Waals surface area contributed by atoms with Crippen molar-refractivity contribution >= 4 is 16.6 Å². The van der Waals surface area contributed by atoms with Gasteiger partial charge >= 0.3 is 0 Å². The Kier molecular flexibility index (Phi) is 6.13. The topological polar surface area (TPSA) is 29.0 Å². The van der Waals surface area contributed by atoms with Gasteiger partial charge in [-0.25, -0.2) is 4.98 Å². The SMILES string of the molecule is CCC(C)(C)C1CCCN1c1cc(-c2cccnc2)nc2c(C)cc(-c3ccc(C)cc3C)cc12. The second-order valence-electron chi connectivity index (χ2n) is 11.0. The monoisotopic (exact) mass is 463 g/mol. The molecule has 3 heteroatoms. The molecule has 0 aliphatic carbocycles. The molecule has 0 N–H and O–H groups in total. The van der Waals surface area contributed by atoms with Gasteiger partial charge in [0.2, 0.25) is 0 Å². The van der Waals surface area contributed by atoms with Crippen molar-refractivity contribution in [3.05, 3.63) is 77.6 Å². The number of hydrogen-bond acceptors (Lipinski definition) is 3. The summed E-state index contributed by atoms with van der Waals surface area (Å²) in [6.07, 6.45) is 7.39. The molecule has 5 rings (SSSR count). The summed E-state index contributed by atoms with van der Waals surface area (Å²) < 4.78 is 0. The van der Waals surface area contributed by atoms with Gasteiger partial charge in [-0.3, -0.25) is 4.98 Å². The zero-order chi connectivity index (χ0) is 24.7. The molecule has 3 nitrogen and oxygen atoms in total. The third kappa shape index (κ3) is 4.33. The number of nitrogens with zero attached hydrogens (tertiary/aromatic N) is 3. The molecule has 1 saturated heterocycles. The standard InChI is InChI=1S/C32H37N3/c1-7-32(5,6)30-11-9-15-35(30)29-19-28(24-10-8-14-33-20-24)34-31-23(4)17-25(18-27(29)31)26-13-12-21(2)16-22(26)3/h8,10,12-14,16-20,30H,7,9,11,15H2,1-6H3. The molecule has 1 unspecified atom stereocenters. The van der Waals surface area contributed by atoms with E-state index in [1.807, 2.05) is 18.5 Å². The molecule has 0 spiro atoms. The third-order valence-electron chi connectivity index (χ3n) is 8.11. The Hall–Kier alpha value is -3.20. The lowest BCUT2D eigenvalue weighted by molar-refractivity contribution is 0.275. The Morgan fingerprint density at radius 2 is 1.80 bits per heavy atom. The van der Waals surface area contributed by atoms with E-state index in [0.29, 0.717) is 6.04 Å². The zero-order valence-corrected chi connectivity index (χ0v) is 22.0. The fourth-order valence-electron chi connectivity index (χ4n) is 5.78. The predicted octanol–water partition coefficient (Wildman–Crippen LogP) is 8.29. The maximum atomic E-state index is 5.19. The van der Waals surface area contributed by atoms with E-state index in [9.17, 15) is 0 Å². The van der Waals surface area contributed by atoms with E-state index in [4.69, 9.17) is 4.98 Å². The summed E-state index contributed by atoms with van der Waals surface area (Å²) in [5.41, 5.74) is 11.1. The molecule has 1 fully saturated rings. The van der Waals surface area contributed by atoms with Crippen molar-refractivity contribution in [1.82, 2.24) is 9.97 Å². The first-order chi connectivity index (χ1) is 16.8. The fraction of sp³-hybridized carbons (Fsp3) is 0.375. The van der Waals surface area contributed by atoms with Crippen molar-refractivity contribution in [2.75, 3.05) is 11.4 Å². The van der Waals surface area contributed by atoms with Gasteiger partial charge in [-0.15, -0.1) is 0 Å². The first-order valence-corrected chi connectivity index (χ1v) is 13.0. The van der Waals surface area contributed by atoms with Crippen LogP contribution in [0.1, 0.15) is 56.7 Å². The number of aryl methyl sites for hydroxylation is 3. The van der Waals surface area contributed by atoms with Crippen LogP contribution in [0.3, 0.4) is 0 Å². The lowest BCUT2D eigenvalue weighted by atomic mass is 9.80. The van der Waals surface area contributed by atoms with Gasteiger partial charge in [0.15, 0.2) is 0 Å². The average Bonchev–Trinajstić information content (AvgIpc) is 3.35. The molecular weight excluding hydrogens is 426 g/mol. The highest BCUT2D eigenvalue weighted by Crippen LogP contribution is 2.43. The van der Waals surface area contributed by atoms with Gasteiger partial charge in [0, 0.05) is 41.6 Å². The summed E-state index contributed by atoms with van der Waals surface area (Å²) in [7, 11) is 0. The van der Waals surface area contributed by atoms with E-state index in [1.165, 1.54) is 58.2 Å². The second kappa shape index (κ2) is 9.11. The Morgan fingerprint density at radius 3 is 2.51 bits per heavy atom. The van der Waals surface area contributed by atoms with Crippen LogP contribution < -0.4 is 4.90 Å². The van der Waals surface area contributed by atoms with Gasteiger partial charge < -0.3 is 4.90 Å². The Bertz CT molecular complexity index is 1370. The molecular formula is C32H37N3. The van der Waals surface area contributed by atoms with Crippen molar-refractivity contribution in [3.63, 3.8) is 0 Å². The number of pyridine rings is 2. The fourth-order valence-corrected chi connectivity index (χ4v) is 5.78. The largest absolute Gasteiger partial charge is 0.367 e. The Balaban J connectivity index is 1.77. The first kappa shape index (κ1) is 23.5. The minimum absolute atomic E-state index is 0.251. The van der Waals surface area contributed by atoms with E-state index < -0.39 is 0 Å². The molecule has 180 valence electrons. The maximum Gasteiger partial charge on any atom is 0.0759 e. The van der Waals surface area contributed by atoms with Gasteiger partial charge in [0.25, 0.3) is 0 Å². The molecule has 0 radical (unpaired) electrons. The van der Waals surface area contributed by atoms with Crippen LogP contribution in [0, 0.1) is 26.2 Å². The van der Waals surface area contributed by atoms with Crippen LogP contribution in [0.5, 0.6) is 0 Å². The molecule has 35 heavy (non-hydrogen) atoms. The average molecular weight is 464 g/mol. The van der Waals surface area contributed by atoms with Crippen molar-refractivity contribution in [2.45, 2.75) is 66.8 Å². The van der Waals surface area contributed by atoms with Gasteiger partial charge in [-0.05, 0) is 98.0 Å². The summed E-state index contributed by atoms with van der Waals surface area (Å²) in [5.74, 6) is 0. The van der Waals surface area contributed by atoms with Gasteiger partial charge in [0.1, 0.15) is 0 Å². The van der Waals surface area contributed by atoms with E-state index in [-0.39, 0.29) is 5.41 Å². The summed E-state index contributed by atoms with van der Waals surface area (Å²) in [5, 5.41) is 1.26. The lowest BCUT2D eigenvalue weighted by Gasteiger charge is -2.39. The quantitative estimate of drug-likeness (QED) is 0.298. The smallest absolute Gasteiger partial charge is 0.0759 e. The third-order valence-corrected chi connectivity index (χ3v) is 8.11. The maximum absolute atomic E-state index is 5.19. The molecule has 0 bridgehead atoms. The number of benzene rings is 2. The molecule has 2 aromatic carbocycles. The van der Waals surface area contributed by atoms with Crippen LogP contribution in [0.15, 0.2) is 60.9 Å². The molecule has 0 saturated carbocycles. The number of aromatic nitrogens is 2. The molecule has 2 aromatic heterocycles. The summed E-state index contributed by atoms with van der Waals surface area (Å²) in [4.78, 5) is 12.2. The van der Waals surface area contributed by atoms with E-state index in [0.717, 1.165) is 23.3 Å². The van der Waals surface area contributed by atoms with Crippen molar-refractivity contribution in [1.29, 1.82) is 0 Å². The Morgan fingerprint density at radius 1 is 0.971 bits per heavy atom. The molecule has 4 aromatic rings. The Labute approximate surface area is 210 Å². The highest BCUT2D eigenvalue weighted by molar-refractivity contribution is 5.99. The van der Waals surface area contributed by atoms with Crippen LogP contribution in [0.2, 0.25) is 0 Å². The number of fused-ring (bicyclic) bond motifs is 1. The van der Waals surface area contributed by atoms with Gasteiger partial charge in [0.05, 0.1) is 11.2 Å². The van der Waals surface area contributed by atoms with Crippen molar-refractivity contribution in [3.8, 4) is 22.4 Å². The molecule has 1 aliphatic rings. The van der Waals surface area contributed by atoms with Crippen LogP contribution in [-0.4, -0.2) is 22.6 Å². The molecule has 1 aliphatic heterocycles. The van der Waals surface area contributed by atoms with Crippen LogP contribution in [-0.2, 0) is 0 Å². The van der Waals surface area contributed by atoms with E-state index in [2.05, 4.69) is 93.9 Å². The molecule has 3 heterocycles. The summed E-state index contributed by atoms with van der Waals surface area (Å²) in [6.45, 7) is 14.8. The number of rotatable bonds is 5. The highest BCUT2D eigenvalue weighted by atomic mass is 15.2. The minimum Gasteiger partial charge on any atom is -0.367 e. The van der Waals surface area contributed by atoms with E-state index in [1.54, 1.807) is 0 Å². The zero-order valence-electron chi connectivity index (χ0n) is 22.0. The minimum atomic E-state index is 0.251. The predicted molar refractivity (Wildman–Crippen MR) is 149 cm³/mol. The van der Waals surface area contributed by atoms with Gasteiger partial charge in [-0.2, -0.15) is 0 Å². The van der Waals surface area contributed by atoms with Crippen molar-refractivity contribution in [2.24, 2.45) is 5.41 Å². The molecule has 0 amide bonds. The number of hydrogen-bond donors (Lipinski definition) is 0. The van der Waals surface area contributed by atoms with Crippen LogP contribution in [0.25, 0.3) is 33.3 Å². The molecule has 1 atom stereocenters. The first-order valence-electron chi connectivity index (χ1n) is 13.0. The van der Waals surface area contributed by atoms with E-state index >= 15 is 0 Å². The normalized spacial score (nSPS) is 16.3. The van der Waals surface area contributed by atoms with Crippen molar-refractivity contribution < 1.29 is 0 Å².